The number of nitrogens with two attached hydrogens (primary N) is 1. The molecule has 116 valence electrons. The molecule has 1 saturated carbocycles. The summed E-state index contributed by atoms with van der Waals surface area (Å²) >= 11 is 0. The molecule has 1 aliphatic rings. The fourth-order valence-corrected chi connectivity index (χ4v) is 2.85. The van der Waals surface area contributed by atoms with E-state index in [9.17, 15) is 4.39 Å². The van der Waals surface area contributed by atoms with Crippen LogP contribution in [0.4, 0.5) is 4.39 Å². The maximum absolute atomic E-state index is 14.0. The molecule has 3 N–H and O–H groups in total. The van der Waals surface area contributed by atoms with E-state index in [4.69, 9.17) is 15.7 Å². The van der Waals surface area contributed by atoms with Crippen molar-refractivity contribution in [3.8, 4) is 0 Å². The van der Waals surface area contributed by atoms with Gasteiger partial charge in [0.15, 0.2) is 5.84 Å². The van der Waals surface area contributed by atoms with Crippen molar-refractivity contribution in [1.29, 1.82) is 0 Å². The highest BCUT2D eigenvalue weighted by molar-refractivity contribution is 5.97. The molecule has 0 heterocycles. The molecule has 0 saturated heterocycles. The highest BCUT2D eigenvalue weighted by Crippen LogP contribution is 2.29. The van der Waals surface area contributed by atoms with Gasteiger partial charge in [-0.15, -0.1) is 0 Å². The van der Waals surface area contributed by atoms with E-state index in [0.717, 1.165) is 18.8 Å². The van der Waals surface area contributed by atoms with Crippen LogP contribution in [0.1, 0.15) is 50.2 Å². The molecular weight excluding hydrogens is 271 g/mol. The minimum absolute atomic E-state index is 0.0977. The fourth-order valence-electron chi connectivity index (χ4n) is 2.85. The molecule has 1 fully saturated rings. The Morgan fingerprint density at radius 1 is 1.48 bits per heavy atom. The topological polar surface area (TPSA) is 67.8 Å². The molecule has 2 atom stereocenters. The molecule has 0 amide bonds. The maximum atomic E-state index is 14.0. The first-order valence-corrected chi connectivity index (χ1v) is 7.52. The van der Waals surface area contributed by atoms with Crippen LogP contribution in [0.5, 0.6) is 0 Å². The van der Waals surface area contributed by atoms with E-state index in [1.54, 1.807) is 12.1 Å². The molecule has 1 aromatic rings. The standard InChI is InChI=1S/C16H23FN2O2/c1-2-11-4-3-5-14(8-11)21-10-13-7-6-12(9-15(13)17)16(18)19-20/h6-7,9,11,14,20H,2-5,8,10H2,1H3,(H2,18,19). The lowest BCUT2D eigenvalue weighted by atomic mass is 9.85. The molecule has 1 aromatic carbocycles. The molecule has 0 aliphatic heterocycles. The van der Waals surface area contributed by atoms with Crippen LogP contribution in [0.3, 0.4) is 0 Å². The minimum atomic E-state index is -0.387. The Balaban J connectivity index is 1.94. The molecular formula is C16H23FN2O2. The molecule has 5 heteroatoms. The van der Waals surface area contributed by atoms with Crippen molar-refractivity contribution in [3.63, 3.8) is 0 Å². The summed E-state index contributed by atoms with van der Waals surface area (Å²) in [5.74, 6) is 0.248. The van der Waals surface area contributed by atoms with Crippen LogP contribution in [0.25, 0.3) is 0 Å². The molecule has 21 heavy (non-hydrogen) atoms. The largest absolute Gasteiger partial charge is 0.409 e. The van der Waals surface area contributed by atoms with Gasteiger partial charge in [-0.1, -0.05) is 43.5 Å². The van der Waals surface area contributed by atoms with Gasteiger partial charge in [0.2, 0.25) is 0 Å². The Hall–Kier alpha value is -1.62. The zero-order valence-electron chi connectivity index (χ0n) is 12.4. The van der Waals surface area contributed by atoms with Gasteiger partial charge in [-0.3, -0.25) is 0 Å². The van der Waals surface area contributed by atoms with Crippen LogP contribution < -0.4 is 5.73 Å². The third kappa shape index (κ3) is 4.17. The lowest BCUT2D eigenvalue weighted by molar-refractivity contribution is 0.000662. The van der Waals surface area contributed by atoms with E-state index >= 15 is 0 Å². The quantitative estimate of drug-likeness (QED) is 0.378. The molecule has 0 bridgehead atoms. The van der Waals surface area contributed by atoms with Gasteiger partial charge in [0.1, 0.15) is 5.82 Å². The van der Waals surface area contributed by atoms with E-state index in [-0.39, 0.29) is 24.4 Å². The lowest BCUT2D eigenvalue weighted by Crippen LogP contribution is -2.22. The number of rotatable bonds is 5. The summed E-state index contributed by atoms with van der Waals surface area (Å²) in [7, 11) is 0. The van der Waals surface area contributed by atoms with Gasteiger partial charge in [-0.05, 0) is 24.8 Å². The average Bonchev–Trinajstić information content (AvgIpc) is 2.53. The second-order valence-corrected chi connectivity index (χ2v) is 5.67. The Morgan fingerprint density at radius 3 is 2.95 bits per heavy atom. The predicted molar refractivity (Wildman–Crippen MR) is 79.7 cm³/mol. The van der Waals surface area contributed by atoms with Crippen LogP contribution >= 0.6 is 0 Å². The van der Waals surface area contributed by atoms with E-state index < -0.39 is 0 Å². The van der Waals surface area contributed by atoms with Gasteiger partial charge < -0.3 is 15.7 Å². The second kappa shape index (κ2) is 7.41. The Labute approximate surface area is 124 Å². The summed E-state index contributed by atoms with van der Waals surface area (Å²) in [5, 5.41) is 11.4. The van der Waals surface area contributed by atoms with Crippen LogP contribution in [0.2, 0.25) is 0 Å². The van der Waals surface area contributed by atoms with E-state index in [2.05, 4.69) is 12.1 Å². The summed E-state index contributed by atoms with van der Waals surface area (Å²) < 4.78 is 19.8. The van der Waals surface area contributed by atoms with Crippen molar-refractivity contribution < 1.29 is 14.3 Å². The SMILES string of the molecule is CCC1CCCC(OCc2ccc(C(N)=NO)cc2F)C1. The smallest absolute Gasteiger partial charge is 0.170 e. The molecule has 1 aliphatic carbocycles. The van der Waals surface area contributed by atoms with Gasteiger partial charge in [0.25, 0.3) is 0 Å². The highest BCUT2D eigenvalue weighted by atomic mass is 19.1. The Bertz CT molecular complexity index is 505. The Kier molecular flexibility index (Phi) is 5.56. The van der Waals surface area contributed by atoms with Crippen molar-refractivity contribution in [1.82, 2.24) is 0 Å². The first-order chi connectivity index (χ1) is 10.1. The van der Waals surface area contributed by atoms with Gasteiger partial charge in [-0.2, -0.15) is 0 Å². The normalized spacial score (nSPS) is 23.2. The molecule has 0 radical (unpaired) electrons. The number of benzene rings is 1. The summed E-state index contributed by atoms with van der Waals surface area (Å²) in [6, 6.07) is 4.53. The zero-order chi connectivity index (χ0) is 15.2. The average molecular weight is 294 g/mol. The second-order valence-electron chi connectivity index (χ2n) is 5.67. The molecule has 4 nitrogen and oxygen atoms in total. The monoisotopic (exact) mass is 294 g/mol. The third-order valence-electron chi connectivity index (χ3n) is 4.24. The van der Waals surface area contributed by atoms with Gasteiger partial charge >= 0.3 is 0 Å². The molecule has 2 unspecified atom stereocenters. The molecule has 0 aromatic heterocycles. The number of halogens is 1. The van der Waals surface area contributed by atoms with Crippen molar-refractivity contribution in [2.24, 2.45) is 16.8 Å². The van der Waals surface area contributed by atoms with E-state index in [1.807, 2.05) is 0 Å². The lowest BCUT2D eigenvalue weighted by Gasteiger charge is -2.28. The van der Waals surface area contributed by atoms with Crippen LogP contribution in [0, 0.1) is 11.7 Å². The predicted octanol–water partition coefficient (Wildman–Crippen LogP) is 3.41. The third-order valence-corrected chi connectivity index (χ3v) is 4.24. The van der Waals surface area contributed by atoms with Crippen molar-refractivity contribution in [3.05, 3.63) is 35.1 Å². The number of oxime groups is 1. The summed E-state index contributed by atoms with van der Waals surface area (Å²) in [6.45, 7) is 2.47. The fraction of sp³-hybridized carbons (Fsp3) is 0.562. The zero-order valence-corrected chi connectivity index (χ0v) is 12.4. The molecule has 0 spiro atoms. The van der Waals surface area contributed by atoms with Crippen molar-refractivity contribution in [2.75, 3.05) is 0 Å². The van der Waals surface area contributed by atoms with E-state index in [1.165, 1.54) is 25.3 Å². The molecule has 2 rings (SSSR count). The summed E-state index contributed by atoms with van der Waals surface area (Å²) in [4.78, 5) is 0. The van der Waals surface area contributed by atoms with Crippen LogP contribution in [-0.2, 0) is 11.3 Å². The number of hydrogen-bond donors (Lipinski definition) is 2. The van der Waals surface area contributed by atoms with Crippen LogP contribution in [-0.4, -0.2) is 17.1 Å². The summed E-state index contributed by atoms with van der Waals surface area (Å²) in [5.41, 5.74) is 6.30. The Morgan fingerprint density at radius 2 is 2.29 bits per heavy atom. The number of amidine groups is 1. The maximum Gasteiger partial charge on any atom is 0.170 e. The highest BCUT2D eigenvalue weighted by Gasteiger charge is 2.21. The van der Waals surface area contributed by atoms with Crippen molar-refractivity contribution in [2.45, 2.75) is 51.7 Å². The minimum Gasteiger partial charge on any atom is -0.409 e. The van der Waals surface area contributed by atoms with Gasteiger partial charge in [-0.25, -0.2) is 4.39 Å². The van der Waals surface area contributed by atoms with Gasteiger partial charge in [0, 0.05) is 11.1 Å². The van der Waals surface area contributed by atoms with Gasteiger partial charge in [0.05, 0.1) is 12.7 Å². The van der Waals surface area contributed by atoms with Crippen molar-refractivity contribution >= 4 is 5.84 Å². The summed E-state index contributed by atoms with van der Waals surface area (Å²) in [6.07, 6.45) is 6.00. The first kappa shape index (κ1) is 15.8. The number of hydrogen-bond acceptors (Lipinski definition) is 3. The van der Waals surface area contributed by atoms with Crippen LogP contribution in [0.15, 0.2) is 23.4 Å². The first-order valence-electron chi connectivity index (χ1n) is 7.52. The number of nitrogens with zero attached hydrogens (tertiary/aromatic N) is 1. The van der Waals surface area contributed by atoms with E-state index in [0.29, 0.717) is 11.1 Å². The number of ether oxygens (including phenoxy) is 1.